The molecule has 6 heteroatoms. The topological polar surface area (TPSA) is 68.1 Å². The van der Waals surface area contributed by atoms with Gasteiger partial charge in [0.2, 0.25) is 0 Å². The Hall–Kier alpha value is -1.87. The van der Waals surface area contributed by atoms with Gasteiger partial charge in [0, 0.05) is 26.2 Å². The highest BCUT2D eigenvalue weighted by Gasteiger charge is 2.06. The normalized spacial score (nSPS) is 10.2. The van der Waals surface area contributed by atoms with Crippen LogP contribution in [0.15, 0.2) is 6.07 Å². The van der Waals surface area contributed by atoms with Gasteiger partial charge in [-0.15, -0.1) is 0 Å². The Balaban J connectivity index is 2.72. The fraction of sp³-hybridized carbons (Fsp3) is 0.583. The van der Waals surface area contributed by atoms with Gasteiger partial charge in [0.25, 0.3) is 0 Å². The van der Waals surface area contributed by atoms with Gasteiger partial charge in [-0.25, -0.2) is 9.97 Å². The van der Waals surface area contributed by atoms with Crippen LogP contribution in [0.1, 0.15) is 5.82 Å². The summed E-state index contributed by atoms with van der Waals surface area (Å²) in [5.41, 5.74) is 0. The third-order valence-corrected chi connectivity index (χ3v) is 2.39. The van der Waals surface area contributed by atoms with E-state index in [-0.39, 0.29) is 0 Å². The second-order valence-corrected chi connectivity index (χ2v) is 4.40. The smallest absolute Gasteiger partial charge is 0.134 e. The van der Waals surface area contributed by atoms with Crippen molar-refractivity contribution in [3.05, 3.63) is 11.9 Å². The van der Waals surface area contributed by atoms with Crippen LogP contribution < -0.4 is 10.2 Å². The van der Waals surface area contributed by atoms with Crippen molar-refractivity contribution in [3.63, 3.8) is 0 Å². The van der Waals surface area contributed by atoms with E-state index in [4.69, 9.17) is 5.26 Å². The summed E-state index contributed by atoms with van der Waals surface area (Å²) >= 11 is 0. The van der Waals surface area contributed by atoms with E-state index >= 15 is 0 Å². The van der Waals surface area contributed by atoms with Gasteiger partial charge in [0.05, 0.1) is 6.07 Å². The first-order valence-corrected chi connectivity index (χ1v) is 5.85. The SMILES string of the molecule is Cc1nc(NCCN(C)C)cc(N(C)CC#N)n1. The molecule has 0 fully saturated rings. The summed E-state index contributed by atoms with van der Waals surface area (Å²) in [5, 5.41) is 11.9. The molecule has 0 spiro atoms. The van der Waals surface area contributed by atoms with E-state index in [1.165, 1.54) is 0 Å². The fourth-order valence-electron chi connectivity index (χ4n) is 1.43. The Morgan fingerprint density at radius 2 is 2.06 bits per heavy atom. The van der Waals surface area contributed by atoms with Crippen LogP contribution in [0.4, 0.5) is 11.6 Å². The number of nitrogens with zero attached hydrogens (tertiary/aromatic N) is 5. The van der Waals surface area contributed by atoms with E-state index in [0.29, 0.717) is 12.4 Å². The Bertz CT molecular complexity index is 423. The van der Waals surface area contributed by atoms with Gasteiger partial charge in [0.1, 0.15) is 24.0 Å². The lowest BCUT2D eigenvalue weighted by molar-refractivity contribution is 0.425. The zero-order valence-electron chi connectivity index (χ0n) is 11.4. The number of aryl methyl sites for hydroxylation is 1. The molecule has 1 rings (SSSR count). The number of nitrogens with one attached hydrogen (secondary N) is 1. The molecule has 0 aliphatic rings. The molecule has 0 unspecified atom stereocenters. The van der Waals surface area contributed by atoms with Crippen LogP contribution in [0, 0.1) is 18.3 Å². The lowest BCUT2D eigenvalue weighted by Crippen LogP contribution is -2.22. The first-order valence-electron chi connectivity index (χ1n) is 5.85. The summed E-state index contributed by atoms with van der Waals surface area (Å²) in [6.07, 6.45) is 0. The molecular weight excluding hydrogens is 228 g/mol. The minimum atomic E-state index is 0.313. The lowest BCUT2D eigenvalue weighted by atomic mass is 10.4. The quantitative estimate of drug-likeness (QED) is 0.748. The summed E-state index contributed by atoms with van der Waals surface area (Å²) < 4.78 is 0. The van der Waals surface area contributed by atoms with Crippen LogP contribution in [0.5, 0.6) is 0 Å². The summed E-state index contributed by atoms with van der Waals surface area (Å²) in [7, 11) is 5.90. The van der Waals surface area contributed by atoms with Gasteiger partial charge >= 0.3 is 0 Å². The number of rotatable bonds is 6. The summed E-state index contributed by atoms with van der Waals surface area (Å²) in [6.45, 7) is 3.92. The highest BCUT2D eigenvalue weighted by Crippen LogP contribution is 2.14. The van der Waals surface area contributed by atoms with E-state index in [9.17, 15) is 0 Å². The molecule has 1 aromatic heterocycles. The Morgan fingerprint density at radius 1 is 1.33 bits per heavy atom. The molecule has 1 aromatic rings. The lowest BCUT2D eigenvalue weighted by Gasteiger charge is -2.16. The van der Waals surface area contributed by atoms with Crippen LogP contribution in [0.25, 0.3) is 0 Å². The van der Waals surface area contributed by atoms with Crippen LogP contribution in [-0.2, 0) is 0 Å². The first-order chi connectivity index (χ1) is 8.52. The van der Waals surface area contributed by atoms with Crippen LogP contribution in [-0.4, -0.2) is 55.6 Å². The first kappa shape index (κ1) is 14.2. The van der Waals surface area contributed by atoms with Gasteiger partial charge < -0.3 is 15.1 Å². The monoisotopic (exact) mass is 248 g/mol. The highest BCUT2D eigenvalue weighted by atomic mass is 15.2. The molecule has 0 saturated heterocycles. The average molecular weight is 248 g/mol. The number of aromatic nitrogens is 2. The zero-order chi connectivity index (χ0) is 13.5. The third kappa shape index (κ3) is 4.55. The van der Waals surface area contributed by atoms with Crippen molar-refractivity contribution in [2.24, 2.45) is 0 Å². The van der Waals surface area contributed by atoms with Crippen molar-refractivity contribution in [2.75, 3.05) is 51.0 Å². The second-order valence-electron chi connectivity index (χ2n) is 4.40. The number of hydrogen-bond acceptors (Lipinski definition) is 6. The Labute approximate surface area is 108 Å². The second kappa shape index (κ2) is 6.77. The standard InChI is InChI=1S/C12H20N6/c1-10-15-11(14-6-8-17(2)3)9-12(16-10)18(4)7-5-13/h9H,6-8H2,1-4H3,(H,14,15,16). The van der Waals surface area contributed by atoms with Gasteiger partial charge in [-0.1, -0.05) is 0 Å². The minimum absolute atomic E-state index is 0.313. The third-order valence-electron chi connectivity index (χ3n) is 2.39. The molecule has 0 amide bonds. The van der Waals surface area contributed by atoms with Gasteiger partial charge in [0.15, 0.2) is 0 Å². The summed E-state index contributed by atoms with van der Waals surface area (Å²) in [5.74, 6) is 2.25. The zero-order valence-corrected chi connectivity index (χ0v) is 11.4. The Kier molecular flexibility index (Phi) is 5.33. The maximum absolute atomic E-state index is 8.68. The maximum atomic E-state index is 8.68. The van der Waals surface area contributed by atoms with Gasteiger partial charge in [-0.2, -0.15) is 5.26 Å². The fourth-order valence-corrected chi connectivity index (χ4v) is 1.43. The van der Waals surface area contributed by atoms with E-state index in [0.717, 1.165) is 24.7 Å². The van der Waals surface area contributed by atoms with E-state index in [1.807, 2.05) is 34.1 Å². The molecule has 0 atom stereocenters. The molecule has 18 heavy (non-hydrogen) atoms. The molecule has 1 heterocycles. The molecule has 0 aliphatic carbocycles. The van der Waals surface area contributed by atoms with Gasteiger partial charge in [-0.3, -0.25) is 0 Å². The van der Waals surface area contributed by atoms with Crippen molar-refractivity contribution in [1.29, 1.82) is 5.26 Å². The van der Waals surface area contributed by atoms with Crippen molar-refractivity contribution in [2.45, 2.75) is 6.92 Å². The maximum Gasteiger partial charge on any atom is 0.134 e. The highest BCUT2D eigenvalue weighted by molar-refractivity contribution is 5.49. The summed E-state index contributed by atoms with van der Waals surface area (Å²) in [4.78, 5) is 12.5. The Morgan fingerprint density at radius 3 is 2.67 bits per heavy atom. The van der Waals surface area contributed by atoms with E-state index in [1.54, 1.807) is 4.90 Å². The average Bonchev–Trinajstić information content (AvgIpc) is 2.28. The predicted octanol–water partition coefficient (Wildman–Crippen LogP) is 0.718. The number of anilines is 2. The van der Waals surface area contributed by atoms with Crippen molar-refractivity contribution in [3.8, 4) is 6.07 Å². The minimum Gasteiger partial charge on any atom is -0.369 e. The number of likely N-dealkylation sites (N-methyl/N-ethyl adjacent to an activating group) is 1. The molecule has 0 aromatic carbocycles. The summed E-state index contributed by atoms with van der Waals surface area (Å²) in [6, 6.07) is 3.96. The predicted molar refractivity (Wildman–Crippen MR) is 72.7 cm³/mol. The van der Waals surface area contributed by atoms with Gasteiger partial charge in [-0.05, 0) is 21.0 Å². The van der Waals surface area contributed by atoms with Crippen LogP contribution in [0.2, 0.25) is 0 Å². The molecule has 0 radical (unpaired) electrons. The van der Waals surface area contributed by atoms with E-state index in [2.05, 4.69) is 26.3 Å². The molecule has 98 valence electrons. The van der Waals surface area contributed by atoms with Crippen molar-refractivity contribution < 1.29 is 0 Å². The van der Waals surface area contributed by atoms with Crippen molar-refractivity contribution in [1.82, 2.24) is 14.9 Å². The molecule has 6 nitrogen and oxygen atoms in total. The van der Waals surface area contributed by atoms with Crippen LogP contribution >= 0.6 is 0 Å². The van der Waals surface area contributed by atoms with E-state index < -0.39 is 0 Å². The molecule has 0 saturated carbocycles. The number of hydrogen-bond donors (Lipinski definition) is 1. The van der Waals surface area contributed by atoms with Crippen LogP contribution in [0.3, 0.4) is 0 Å². The largest absolute Gasteiger partial charge is 0.369 e. The number of nitriles is 1. The molecule has 0 aliphatic heterocycles. The molecular formula is C12H20N6. The molecule has 1 N–H and O–H groups in total. The molecule has 0 bridgehead atoms. The van der Waals surface area contributed by atoms with Crippen molar-refractivity contribution >= 4 is 11.6 Å².